The van der Waals surface area contributed by atoms with Crippen LogP contribution in [-0.4, -0.2) is 38.3 Å². The van der Waals surface area contributed by atoms with Gasteiger partial charge in [0, 0.05) is 11.6 Å². The SMILES string of the molecule is C=C(C)C(=O)OCCN=C=O.C=CC(=O)OC. The molecule has 6 nitrogen and oxygen atoms in total. The average Bonchev–Trinajstić information content (AvgIpc) is 2.33. The fourth-order valence-corrected chi connectivity index (χ4v) is 0.436. The van der Waals surface area contributed by atoms with E-state index in [4.69, 9.17) is 0 Å². The molecule has 0 N–H and O–H groups in total. The molecule has 0 aliphatic heterocycles. The van der Waals surface area contributed by atoms with Gasteiger partial charge in [-0.1, -0.05) is 13.2 Å². The van der Waals surface area contributed by atoms with Gasteiger partial charge >= 0.3 is 11.9 Å². The zero-order valence-electron chi connectivity index (χ0n) is 9.89. The van der Waals surface area contributed by atoms with Crippen molar-refractivity contribution in [1.29, 1.82) is 0 Å². The average molecular weight is 241 g/mol. The van der Waals surface area contributed by atoms with E-state index in [1.165, 1.54) is 13.2 Å². The summed E-state index contributed by atoms with van der Waals surface area (Å²) in [6.45, 7) is 8.33. The molecule has 0 saturated heterocycles. The van der Waals surface area contributed by atoms with Crippen LogP contribution < -0.4 is 0 Å². The first-order valence-corrected chi connectivity index (χ1v) is 4.56. The van der Waals surface area contributed by atoms with Crippen LogP contribution in [0.15, 0.2) is 29.8 Å². The van der Waals surface area contributed by atoms with Gasteiger partial charge in [0.15, 0.2) is 0 Å². The summed E-state index contributed by atoms with van der Waals surface area (Å²) in [6, 6.07) is 0. The molecule has 0 bridgehead atoms. The van der Waals surface area contributed by atoms with Crippen molar-refractivity contribution in [1.82, 2.24) is 0 Å². The van der Waals surface area contributed by atoms with Gasteiger partial charge in [-0.15, -0.1) is 0 Å². The summed E-state index contributed by atoms with van der Waals surface area (Å²) >= 11 is 0. The molecule has 0 heterocycles. The van der Waals surface area contributed by atoms with Gasteiger partial charge in [0.05, 0.1) is 13.7 Å². The minimum absolute atomic E-state index is 0.0981. The largest absolute Gasteiger partial charge is 0.466 e. The van der Waals surface area contributed by atoms with Crippen LogP contribution in [0.25, 0.3) is 0 Å². The predicted molar refractivity (Wildman–Crippen MR) is 61.0 cm³/mol. The van der Waals surface area contributed by atoms with E-state index in [1.54, 1.807) is 6.92 Å². The second kappa shape index (κ2) is 11.9. The number of ether oxygens (including phenoxy) is 2. The van der Waals surface area contributed by atoms with Crippen molar-refractivity contribution in [3.05, 3.63) is 24.8 Å². The molecule has 0 spiro atoms. The first-order valence-electron chi connectivity index (χ1n) is 4.56. The predicted octanol–water partition coefficient (Wildman–Crippen LogP) is 0.787. The highest BCUT2D eigenvalue weighted by atomic mass is 16.5. The number of aliphatic imine (C=N–C) groups is 1. The number of carbonyl (C=O) groups is 2. The maximum Gasteiger partial charge on any atom is 0.333 e. The second-order valence-corrected chi connectivity index (χ2v) is 2.62. The van der Waals surface area contributed by atoms with Crippen LogP contribution in [0.2, 0.25) is 0 Å². The number of methoxy groups -OCH3 is 1. The smallest absolute Gasteiger partial charge is 0.333 e. The maximum absolute atomic E-state index is 10.6. The van der Waals surface area contributed by atoms with E-state index in [2.05, 4.69) is 27.6 Å². The maximum atomic E-state index is 10.6. The lowest BCUT2D eigenvalue weighted by Crippen LogP contribution is -2.07. The number of carbonyl (C=O) groups excluding carboxylic acids is 3. The van der Waals surface area contributed by atoms with E-state index in [9.17, 15) is 14.4 Å². The summed E-state index contributed by atoms with van der Waals surface area (Å²) in [7, 11) is 1.31. The molecule has 0 aromatic carbocycles. The van der Waals surface area contributed by atoms with E-state index in [0.717, 1.165) is 6.08 Å². The first-order chi connectivity index (χ1) is 7.99. The normalized spacial score (nSPS) is 7.65. The lowest BCUT2D eigenvalue weighted by molar-refractivity contribution is -0.138. The third-order valence-electron chi connectivity index (χ3n) is 1.22. The Balaban J connectivity index is 0. The molecule has 0 radical (unpaired) electrons. The molecule has 0 amide bonds. The summed E-state index contributed by atoms with van der Waals surface area (Å²) in [4.78, 5) is 33.2. The molecule has 6 heteroatoms. The van der Waals surface area contributed by atoms with E-state index in [-0.39, 0.29) is 13.2 Å². The summed E-state index contributed by atoms with van der Waals surface area (Å²) in [5, 5.41) is 0. The number of hydrogen-bond acceptors (Lipinski definition) is 6. The molecule has 94 valence electrons. The third-order valence-corrected chi connectivity index (χ3v) is 1.22. The van der Waals surface area contributed by atoms with Gasteiger partial charge in [0.25, 0.3) is 0 Å². The van der Waals surface area contributed by atoms with Crippen LogP contribution in [0.5, 0.6) is 0 Å². The second-order valence-electron chi connectivity index (χ2n) is 2.62. The van der Waals surface area contributed by atoms with Crippen LogP contribution in [0.4, 0.5) is 0 Å². The molecule has 17 heavy (non-hydrogen) atoms. The van der Waals surface area contributed by atoms with Crippen molar-refractivity contribution in [2.24, 2.45) is 4.99 Å². The first kappa shape index (κ1) is 17.2. The Morgan fingerprint density at radius 1 is 1.47 bits per heavy atom. The van der Waals surface area contributed by atoms with Crippen LogP contribution in [0.3, 0.4) is 0 Å². The molecule has 0 rings (SSSR count). The zero-order chi connectivity index (χ0) is 13.7. The fraction of sp³-hybridized carbons (Fsp3) is 0.364. The van der Waals surface area contributed by atoms with Gasteiger partial charge in [-0.25, -0.2) is 19.4 Å². The Morgan fingerprint density at radius 3 is 2.35 bits per heavy atom. The van der Waals surface area contributed by atoms with Crippen LogP contribution in [0, 0.1) is 0 Å². The van der Waals surface area contributed by atoms with Crippen molar-refractivity contribution in [2.75, 3.05) is 20.3 Å². The zero-order valence-corrected chi connectivity index (χ0v) is 9.89. The van der Waals surface area contributed by atoms with Gasteiger partial charge in [-0.05, 0) is 6.92 Å². The quantitative estimate of drug-likeness (QED) is 0.233. The Kier molecular flexibility index (Phi) is 12.0. The van der Waals surface area contributed by atoms with Crippen LogP contribution in [-0.2, 0) is 23.9 Å². The lowest BCUT2D eigenvalue weighted by atomic mass is 10.4. The number of rotatable bonds is 5. The highest BCUT2D eigenvalue weighted by molar-refractivity contribution is 5.86. The molecule has 0 atom stereocenters. The highest BCUT2D eigenvalue weighted by Gasteiger charge is 2.00. The number of esters is 2. The summed E-state index contributed by atoms with van der Waals surface area (Å²) < 4.78 is 8.74. The number of nitrogens with zero attached hydrogens (tertiary/aromatic N) is 1. The van der Waals surface area contributed by atoms with Gasteiger partial charge in [0.1, 0.15) is 6.61 Å². The third kappa shape index (κ3) is 13.8. The van der Waals surface area contributed by atoms with Gasteiger partial charge in [-0.3, -0.25) is 0 Å². The number of hydrogen-bond donors (Lipinski definition) is 0. The van der Waals surface area contributed by atoms with E-state index < -0.39 is 11.9 Å². The fourth-order valence-electron chi connectivity index (χ4n) is 0.436. The Morgan fingerprint density at radius 2 is 2.06 bits per heavy atom. The standard InChI is InChI=1S/C7H9NO3.C4H6O2/c1-6(2)7(10)11-4-3-8-5-9;1-3-4(5)6-2/h1,3-4H2,2H3;3H,1H2,2H3. The molecule has 0 fully saturated rings. The molecule has 0 aliphatic rings. The van der Waals surface area contributed by atoms with Gasteiger partial charge in [0.2, 0.25) is 6.08 Å². The Hall–Kier alpha value is -2.20. The Labute approximate surface area is 99.6 Å². The monoisotopic (exact) mass is 241 g/mol. The summed E-state index contributed by atoms with van der Waals surface area (Å²) in [5.41, 5.74) is 0.333. The van der Waals surface area contributed by atoms with E-state index >= 15 is 0 Å². The number of isocyanates is 1. The van der Waals surface area contributed by atoms with Crippen molar-refractivity contribution in [2.45, 2.75) is 6.92 Å². The van der Waals surface area contributed by atoms with E-state index in [0.29, 0.717) is 5.57 Å². The molecule has 0 aliphatic carbocycles. The molecule has 0 saturated carbocycles. The van der Waals surface area contributed by atoms with Crippen LogP contribution in [0.1, 0.15) is 6.92 Å². The van der Waals surface area contributed by atoms with Crippen LogP contribution >= 0.6 is 0 Å². The van der Waals surface area contributed by atoms with Gasteiger partial charge in [-0.2, -0.15) is 0 Å². The topological polar surface area (TPSA) is 82.0 Å². The summed E-state index contributed by atoms with van der Waals surface area (Å²) in [5.74, 6) is -0.860. The molecule has 0 aromatic heterocycles. The van der Waals surface area contributed by atoms with Crippen molar-refractivity contribution >= 4 is 18.0 Å². The van der Waals surface area contributed by atoms with Crippen molar-refractivity contribution in [3.63, 3.8) is 0 Å². The Bertz CT molecular complexity index is 329. The minimum Gasteiger partial charge on any atom is -0.466 e. The van der Waals surface area contributed by atoms with Crippen molar-refractivity contribution in [3.8, 4) is 0 Å². The molecular weight excluding hydrogens is 226 g/mol. The molecular formula is C11H15NO5. The van der Waals surface area contributed by atoms with E-state index in [1.807, 2.05) is 0 Å². The molecule has 0 aromatic rings. The highest BCUT2D eigenvalue weighted by Crippen LogP contribution is 1.90. The minimum atomic E-state index is -0.467. The summed E-state index contributed by atoms with van der Waals surface area (Å²) in [6.07, 6.45) is 2.44. The van der Waals surface area contributed by atoms with Crippen molar-refractivity contribution < 1.29 is 23.9 Å². The van der Waals surface area contributed by atoms with Gasteiger partial charge < -0.3 is 9.47 Å². The molecule has 0 unspecified atom stereocenters. The lowest BCUT2D eigenvalue weighted by Gasteiger charge is -1.99.